The van der Waals surface area contributed by atoms with Crippen molar-refractivity contribution in [3.8, 4) is 0 Å². The zero-order valence-corrected chi connectivity index (χ0v) is 24.2. The molecule has 0 spiro atoms. The molecule has 1 unspecified atom stereocenters. The lowest BCUT2D eigenvalue weighted by Gasteiger charge is -2.49. The number of nitrogens with two attached hydrogens (primary N) is 3. The van der Waals surface area contributed by atoms with Gasteiger partial charge in [-0.15, -0.1) is 0 Å². The number of rotatable bonds is 14. The lowest BCUT2D eigenvalue weighted by atomic mass is 9.83. The van der Waals surface area contributed by atoms with Gasteiger partial charge in [-0.2, -0.15) is 0 Å². The first-order valence-corrected chi connectivity index (χ1v) is 14.7. The summed E-state index contributed by atoms with van der Waals surface area (Å²) in [6, 6.07) is -3.49. The lowest BCUT2D eigenvalue weighted by Crippen LogP contribution is -2.69. The summed E-state index contributed by atoms with van der Waals surface area (Å²) in [6.07, 6.45) is -19.5. The third-order valence-corrected chi connectivity index (χ3v) is 8.13. The molecule has 3 aliphatic rings. The van der Waals surface area contributed by atoms with Gasteiger partial charge in [0.2, 0.25) is 5.91 Å². The molecule has 16 atom stereocenters. The van der Waals surface area contributed by atoms with Crippen molar-refractivity contribution in [3.63, 3.8) is 0 Å². The molecule has 258 valence electrons. The standard InChI is InChI=1S/C25H49N5O14/c26-3-2-11(33)23(40)30-10-6-9(27)21(20(39)22(10)44-24-17(36)14(28)15(34)13(8-32)42-24)43-25-19(38)18(37)16(35)12(41-25)7-29-4-1-5-31/h9-22,24-25,29,31-39H,1-8,26-28H2,(H,30,40)/t9-,10+,11-,12+,13+,14-,15+,16+,17+,18-,19+,20-,21?,22-,24+,25+/m0/s1. The van der Waals surface area contributed by atoms with Gasteiger partial charge in [-0.3, -0.25) is 4.79 Å². The minimum atomic E-state index is -1.77. The second-order valence-corrected chi connectivity index (χ2v) is 11.4. The summed E-state index contributed by atoms with van der Waals surface area (Å²) in [5.41, 5.74) is 17.6. The molecule has 1 aliphatic carbocycles. The Bertz CT molecular complexity index is 881. The number of aliphatic hydroxyl groups is 9. The highest BCUT2D eigenvalue weighted by Gasteiger charge is 2.52. The van der Waals surface area contributed by atoms with E-state index in [0.717, 1.165) is 0 Å². The fraction of sp³-hybridized carbons (Fsp3) is 0.960. The van der Waals surface area contributed by atoms with Gasteiger partial charge in [-0.1, -0.05) is 0 Å². The normalized spacial score (nSPS) is 43.9. The highest BCUT2D eigenvalue weighted by atomic mass is 16.7. The first kappa shape index (κ1) is 37.2. The molecule has 19 heteroatoms. The molecule has 19 nitrogen and oxygen atoms in total. The molecule has 2 aliphatic heterocycles. The van der Waals surface area contributed by atoms with E-state index in [1.54, 1.807) is 0 Å². The van der Waals surface area contributed by atoms with Crippen LogP contribution in [0.5, 0.6) is 0 Å². The molecule has 0 radical (unpaired) electrons. The first-order chi connectivity index (χ1) is 20.9. The Morgan fingerprint density at radius 1 is 0.864 bits per heavy atom. The average Bonchev–Trinajstić information content (AvgIpc) is 2.99. The fourth-order valence-corrected chi connectivity index (χ4v) is 5.49. The minimum absolute atomic E-state index is 0.00428. The van der Waals surface area contributed by atoms with Crippen LogP contribution in [-0.2, 0) is 23.7 Å². The summed E-state index contributed by atoms with van der Waals surface area (Å²) >= 11 is 0. The van der Waals surface area contributed by atoms with E-state index in [9.17, 15) is 45.6 Å². The zero-order valence-electron chi connectivity index (χ0n) is 24.2. The maximum Gasteiger partial charge on any atom is 0.249 e. The van der Waals surface area contributed by atoms with Crippen LogP contribution in [0.25, 0.3) is 0 Å². The third-order valence-electron chi connectivity index (χ3n) is 8.13. The predicted molar refractivity (Wildman–Crippen MR) is 147 cm³/mol. The van der Waals surface area contributed by atoms with Crippen molar-refractivity contribution < 1.29 is 69.7 Å². The number of amides is 1. The second-order valence-electron chi connectivity index (χ2n) is 11.4. The molecule has 1 saturated carbocycles. The van der Waals surface area contributed by atoms with Crippen LogP contribution in [-0.4, -0.2) is 183 Å². The monoisotopic (exact) mass is 643 g/mol. The Morgan fingerprint density at radius 3 is 2.14 bits per heavy atom. The Balaban J connectivity index is 1.82. The molecule has 2 saturated heterocycles. The van der Waals surface area contributed by atoms with Crippen LogP contribution in [0.2, 0.25) is 0 Å². The summed E-state index contributed by atoms with van der Waals surface area (Å²) in [4.78, 5) is 12.7. The van der Waals surface area contributed by atoms with Crippen molar-refractivity contribution in [2.75, 3.05) is 32.8 Å². The van der Waals surface area contributed by atoms with E-state index in [-0.39, 0.29) is 32.5 Å². The summed E-state index contributed by atoms with van der Waals surface area (Å²) in [7, 11) is 0. The van der Waals surface area contributed by atoms with E-state index in [0.29, 0.717) is 13.0 Å². The Kier molecular flexibility index (Phi) is 14.5. The van der Waals surface area contributed by atoms with Gasteiger partial charge in [0.05, 0.1) is 18.7 Å². The van der Waals surface area contributed by atoms with E-state index in [2.05, 4.69) is 10.6 Å². The quantitative estimate of drug-likeness (QED) is 0.0781. The van der Waals surface area contributed by atoms with Gasteiger partial charge < -0.3 is 92.7 Å². The maximum atomic E-state index is 12.7. The molecule has 1 amide bonds. The fourth-order valence-electron chi connectivity index (χ4n) is 5.49. The van der Waals surface area contributed by atoms with Crippen molar-refractivity contribution in [2.24, 2.45) is 17.2 Å². The van der Waals surface area contributed by atoms with Gasteiger partial charge in [-0.25, -0.2) is 0 Å². The number of carbonyl (C=O) groups excluding carboxylic acids is 1. The summed E-state index contributed by atoms with van der Waals surface area (Å²) in [6.45, 7) is -0.358. The topological polar surface area (TPSA) is 338 Å². The molecule has 0 aromatic carbocycles. The summed E-state index contributed by atoms with van der Waals surface area (Å²) < 4.78 is 22.9. The van der Waals surface area contributed by atoms with E-state index < -0.39 is 110 Å². The lowest BCUT2D eigenvalue weighted by molar-refractivity contribution is -0.333. The molecule has 0 bridgehead atoms. The molecular weight excluding hydrogens is 594 g/mol. The molecule has 2 heterocycles. The molecule has 0 aromatic rings. The molecule has 17 N–H and O–H groups in total. The number of carbonyl (C=O) groups is 1. The second kappa shape index (κ2) is 17.1. The Morgan fingerprint density at radius 2 is 1.50 bits per heavy atom. The van der Waals surface area contributed by atoms with Crippen molar-refractivity contribution in [3.05, 3.63) is 0 Å². The summed E-state index contributed by atoms with van der Waals surface area (Å²) in [5, 5.41) is 97.9. The predicted octanol–water partition coefficient (Wildman–Crippen LogP) is -8.41. The Hall–Kier alpha value is -1.21. The van der Waals surface area contributed by atoms with Crippen LogP contribution in [0.4, 0.5) is 0 Å². The van der Waals surface area contributed by atoms with Crippen LogP contribution in [0.1, 0.15) is 19.3 Å². The van der Waals surface area contributed by atoms with Gasteiger partial charge in [-0.05, 0) is 32.4 Å². The van der Waals surface area contributed by atoms with Crippen LogP contribution in [0.3, 0.4) is 0 Å². The summed E-state index contributed by atoms with van der Waals surface area (Å²) in [5.74, 6) is -0.849. The van der Waals surface area contributed by atoms with Crippen molar-refractivity contribution >= 4 is 5.91 Å². The average molecular weight is 644 g/mol. The highest BCUT2D eigenvalue weighted by Crippen LogP contribution is 2.32. The van der Waals surface area contributed by atoms with Crippen molar-refractivity contribution in [1.29, 1.82) is 0 Å². The van der Waals surface area contributed by atoms with Crippen LogP contribution in [0.15, 0.2) is 0 Å². The number of hydrogen-bond acceptors (Lipinski definition) is 18. The molecule has 3 fully saturated rings. The minimum Gasteiger partial charge on any atom is -0.396 e. The van der Waals surface area contributed by atoms with Gasteiger partial charge in [0.1, 0.15) is 67.1 Å². The van der Waals surface area contributed by atoms with Crippen LogP contribution >= 0.6 is 0 Å². The van der Waals surface area contributed by atoms with E-state index >= 15 is 0 Å². The first-order valence-electron chi connectivity index (χ1n) is 14.7. The number of nitrogens with one attached hydrogen (secondary N) is 2. The molecule has 3 rings (SSSR count). The molecule has 0 aromatic heterocycles. The number of ether oxygens (including phenoxy) is 4. The number of hydrogen-bond donors (Lipinski definition) is 14. The van der Waals surface area contributed by atoms with Crippen LogP contribution < -0.4 is 27.8 Å². The Labute approximate surface area is 253 Å². The highest BCUT2D eigenvalue weighted by molar-refractivity contribution is 5.80. The third kappa shape index (κ3) is 8.77. The van der Waals surface area contributed by atoms with Gasteiger partial charge >= 0.3 is 0 Å². The van der Waals surface area contributed by atoms with Crippen LogP contribution in [0, 0.1) is 0 Å². The van der Waals surface area contributed by atoms with E-state index in [1.807, 2.05) is 0 Å². The van der Waals surface area contributed by atoms with Gasteiger partial charge in [0, 0.05) is 19.2 Å². The van der Waals surface area contributed by atoms with E-state index in [1.165, 1.54) is 0 Å². The zero-order chi connectivity index (χ0) is 32.7. The number of aliphatic hydroxyl groups excluding tert-OH is 9. The van der Waals surface area contributed by atoms with Crippen molar-refractivity contribution in [1.82, 2.24) is 10.6 Å². The van der Waals surface area contributed by atoms with Crippen molar-refractivity contribution in [2.45, 2.75) is 117 Å². The maximum absolute atomic E-state index is 12.7. The SMILES string of the molecule is NCC[C@H](O)C(=O)N[C@@H]1C[C@H](N)C(O[C@H]2O[C@H](CNCCCO)[C@@H](O)[C@H](O)[C@H]2O)[C@H](O)[C@H]1O[C@H]1O[C@H](CO)[C@@H](O)[C@H](N)[C@H]1O. The van der Waals surface area contributed by atoms with Gasteiger partial charge in [0.15, 0.2) is 12.6 Å². The molecular formula is C25H49N5O14. The molecule has 44 heavy (non-hydrogen) atoms. The van der Waals surface area contributed by atoms with E-state index in [4.69, 9.17) is 41.3 Å². The largest absolute Gasteiger partial charge is 0.396 e. The van der Waals surface area contributed by atoms with Gasteiger partial charge in [0.25, 0.3) is 0 Å². The smallest absolute Gasteiger partial charge is 0.249 e.